The molecule has 19 heavy (non-hydrogen) atoms. The zero-order valence-corrected chi connectivity index (χ0v) is 12.6. The lowest BCUT2D eigenvalue weighted by atomic mass is 10.2. The summed E-state index contributed by atoms with van der Waals surface area (Å²) in [7, 11) is 0. The van der Waals surface area contributed by atoms with Crippen molar-refractivity contribution >= 4 is 35.0 Å². The smallest absolute Gasteiger partial charge is 0.308 e. The molecule has 106 valence electrons. The Labute approximate surface area is 120 Å². The number of aliphatic carboxylic acids is 1. The van der Waals surface area contributed by atoms with Gasteiger partial charge >= 0.3 is 5.97 Å². The number of nitrogens with zero attached hydrogens (tertiary/aromatic N) is 1. The molecule has 1 aromatic heterocycles. The van der Waals surface area contributed by atoms with Crippen LogP contribution >= 0.6 is 23.1 Å². The first-order chi connectivity index (χ1) is 8.99. The van der Waals surface area contributed by atoms with Gasteiger partial charge in [-0.1, -0.05) is 6.92 Å². The van der Waals surface area contributed by atoms with E-state index in [0.29, 0.717) is 12.2 Å². The Hall–Kier alpha value is -1.08. The van der Waals surface area contributed by atoms with Crippen molar-refractivity contribution in [1.29, 1.82) is 0 Å². The highest BCUT2D eigenvalue weighted by molar-refractivity contribution is 7.98. The highest BCUT2D eigenvalue weighted by Gasteiger charge is 2.11. The lowest BCUT2D eigenvalue weighted by Gasteiger charge is -2.07. The molecule has 1 atom stereocenters. The number of thiazole rings is 1. The van der Waals surface area contributed by atoms with Crippen LogP contribution in [0.1, 0.15) is 24.0 Å². The molecule has 0 fully saturated rings. The molecule has 0 aliphatic carbocycles. The molecule has 1 rings (SSSR count). The molecule has 0 spiro atoms. The molecule has 0 saturated carbocycles. The van der Waals surface area contributed by atoms with Crippen molar-refractivity contribution < 1.29 is 14.7 Å². The van der Waals surface area contributed by atoms with Gasteiger partial charge in [-0.25, -0.2) is 4.98 Å². The second kappa shape index (κ2) is 8.16. The Morgan fingerprint density at radius 2 is 2.32 bits per heavy atom. The van der Waals surface area contributed by atoms with Gasteiger partial charge in [-0.2, -0.15) is 11.8 Å². The number of aryl methyl sites for hydroxylation is 1. The molecule has 0 aliphatic heterocycles. The highest BCUT2D eigenvalue weighted by atomic mass is 32.2. The second-order valence-electron chi connectivity index (χ2n) is 4.20. The van der Waals surface area contributed by atoms with E-state index in [9.17, 15) is 9.59 Å². The average molecular weight is 302 g/mol. The minimum atomic E-state index is -0.895. The molecule has 1 aromatic rings. The number of carboxylic acids is 1. The Balaban J connectivity index is 2.09. The van der Waals surface area contributed by atoms with Gasteiger partial charge in [0.2, 0.25) is 5.91 Å². The molecular formula is C12H18N2O3S2. The fraction of sp³-hybridized carbons (Fsp3) is 0.583. The van der Waals surface area contributed by atoms with Crippen LogP contribution in [0.2, 0.25) is 0 Å². The quantitative estimate of drug-likeness (QED) is 0.717. The number of hydrogen-bond donors (Lipinski definition) is 2. The largest absolute Gasteiger partial charge is 0.481 e. The van der Waals surface area contributed by atoms with Crippen LogP contribution in [0.25, 0.3) is 0 Å². The summed E-state index contributed by atoms with van der Waals surface area (Å²) in [5, 5.41) is 14.4. The molecule has 1 amide bonds. The first kappa shape index (κ1) is 16.0. The van der Waals surface area contributed by atoms with Crippen LogP contribution in [0.4, 0.5) is 0 Å². The van der Waals surface area contributed by atoms with E-state index in [2.05, 4.69) is 10.3 Å². The van der Waals surface area contributed by atoms with Crippen LogP contribution in [0.5, 0.6) is 0 Å². The van der Waals surface area contributed by atoms with Crippen LogP contribution in [-0.2, 0) is 15.3 Å². The van der Waals surface area contributed by atoms with E-state index in [4.69, 9.17) is 5.11 Å². The molecule has 1 unspecified atom stereocenters. The van der Waals surface area contributed by atoms with Crippen molar-refractivity contribution in [2.24, 2.45) is 5.92 Å². The molecule has 0 aliphatic rings. The maximum Gasteiger partial charge on any atom is 0.308 e. The third-order valence-corrected chi connectivity index (χ3v) is 4.23. The topological polar surface area (TPSA) is 79.3 Å². The Morgan fingerprint density at radius 1 is 1.58 bits per heavy atom. The fourth-order valence-electron chi connectivity index (χ4n) is 1.26. The minimum Gasteiger partial charge on any atom is -0.481 e. The first-order valence-electron chi connectivity index (χ1n) is 5.97. The normalized spacial score (nSPS) is 12.1. The van der Waals surface area contributed by atoms with Gasteiger partial charge in [0, 0.05) is 29.9 Å². The standard InChI is InChI=1S/C12H18N2O3S2/c1-8(12(16)17)5-13-11(15)3-4-18-6-10-7-19-9(2)14-10/h7-8H,3-6H2,1-2H3,(H,13,15)(H,16,17). The van der Waals surface area contributed by atoms with Crippen molar-refractivity contribution in [3.8, 4) is 0 Å². The Morgan fingerprint density at radius 3 is 2.89 bits per heavy atom. The monoisotopic (exact) mass is 302 g/mol. The van der Waals surface area contributed by atoms with Gasteiger partial charge < -0.3 is 10.4 Å². The van der Waals surface area contributed by atoms with Crippen molar-refractivity contribution in [2.45, 2.75) is 26.0 Å². The predicted molar refractivity (Wildman–Crippen MR) is 77.4 cm³/mol. The summed E-state index contributed by atoms with van der Waals surface area (Å²) >= 11 is 3.28. The molecule has 2 N–H and O–H groups in total. The zero-order valence-electron chi connectivity index (χ0n) is 11.0. The maximum atomic E-state index is 11.5. The molecule has 1 heterocycles. The maximum absolute atomic E-state index is 11.5. The third kappa shape index (κ3) is 6.58. The number of nitrogens with one attached hydrogen (secondary N) is 1. The van der Waals surface area contributed by atoms with E-state index >= 15 is 0 Å². The predicted octanol–water partition coefficient (Wildman–Crippen LogP) is 1.91. The van der Waals surface area contributed by atoms with Crippen LogP contribution in [0.3, 0.4) is 0 Å². The van der Waals surface area contributed by atoms with Gasteiger partial charge in [0.15, 0.2) is 0 Å². The van der Waals surface area contributed by atoms with Gasteiger partial charge in [0.1, 0.15) is 0 Å². The summed E-state index contributed by atoms with van der Waals surface area (Å²) in [5.41, 5.74) is 1.05. The van der Waals surface area contributed by atoms with Crippen molar-refractivity contribution in [2.75, 3.05) is 12.3 Å². The van der Waals surface area contributed by atoms with Crippen molar-refractivity contribution in [3.05, 3.63) is 16.1 Å². The highest BCUT2D eigenvalue weighted by Crippen LogP contribution is 2.15. The zero-order chi connectivity index (χ0) is 14.3. The lowest BCUT2D eigenvalue weighted by molar-refractivity contribution is -0.141. The van der Waals surface area contributed by atoms with E-state index in [0.717, 1.165) is 16.5 Å². The lowest BCUT2D eigenvalue weighted by Crippen LogP contribution is -2.31. The molecule has 0 aromatic carbocycles. The van der Waals surface area contributed by atoms with Crippen LogP contribution in [0, 0.1) is 12.8 Å². The fourth-order valence-corrected chi connectivity index (χ4v) is 2.81. The van der Waals surface area contributed by atoms with Gasteiger partial charge in [0.25, 0.3) is 0 Å². The summed E-state index contributed by atoms with van der Waals surface area (Å²) in [6, 6.07) is 0. The summed E-state index contributed by atoms with van der Waals surface area (Å²) in [5.74, 6) is -0.0225. The minimum absolute atomic E-state index is 0.102. The number of carbonyl (C=O) groups is 2. The summed E-state index contributed by atoms with van der Waals surface area (Å²) < 4.78 is 0. The molecule has 0 bridgehead atoms. The van der Waals surface area contributed by atoms with E-state index in [1.54, 1.807) is 30.0 Å². The number of aromatic nitrogens is 1. The molecular weight excluding hydrogens is 284 g/mol. The van der Waals surface area contributed by atoms with Crippen molar-refractivity contribution in [3.63, 3.8) is 0 Å². The summed E-state index contributed by atoms with van der Waals surface area (Å²) in [6.45, 7) is 3.72. The Kier molecular flexibility index (Phi) is 6.86. The van der Waals surface area contributed by atoms with Gasteiger partial charge in [-0.15, -0.1) is 11.3 Å². The second-order valence-corrected chi connectivity index (χ2v) is 6.37. The number of rotatable bonds is 8. The summed E-state index contributed by atoms with van der Waals surface area (Å²) in [4.78, 5) is 26.4. The summed E-state index contributed by atoms with van der Waals surface area (Å²) in [6.07, 6.45) is 0.403. The third-order valence-electron chi connectivity index (χ3n) is 2.42. The Bertz CT molecular complexity index is 434. The van der Waals surface area contributed by atoms with E-state index in [1.807, 2.05) is 12.3 Å². The van der Waals surface area contributed by atoms with Gasteiger partial charge in [0.05, 0.1) is 16.6 Å². The SMILES string of the molecule is Cc1nc(CSCCC(=O)NCC(C)C(=O)O)cs1. The average Bonchev–Trinajstić information content (AvgIpc) is 2.77. The number of amides is 1. The number of thioether (sulfide) groups is 1. The molecule has 0 saturated heterocycles. The molecule has 5 nitrogen and oxygen atoms in total. The van der Waals surface area contributed by atoms with Crippen LogP contribution in [-0.4, -0.2) is 34.3 Å². The van der Waals surface area contributed by atoms with E-state index in [-0.39, 0.29) is 12.5 Å². The van der Waals surface area contributed by atoms with Crippen LogP contribution in [0.15, 0.2) is 5.38 Å². The molecule has 7 heteroatoms. The number of carboxylic acid groups (broad SMARTS) is 1. The van der Waals surface area contributed by atoms with Crippen LogP contribution < -0.4 is 5.32 Å². The first-order valence-corrected chi connectivity index (χ1v) is 8.00. The number of hydrogen-bond acceptors (Lipinski definition) is 5. The van der Waals surface area contributed by atoms with E-state index < -0.39 is 11.9 Å². The van der Waals surface area contributed by atoms with Gasteiger partial charge in [-0.05, 0) is 6.92 Å². The molecule has 0 radical (unpaired) electrons. The van der Waals surface area contributed by atoms with Crippen molar-refractivity contribution in [1.82, 2.24) is 10.3 Å². The van der Waals surface area contributed by atoms with E-state index in [1.165, 1.54) is 0 Å². The van der Waals surface area contributed by atoms with Gasteiger partial charge in [-0.3, -0.25) is 9.59 Å². The number of carbonyl (C=O) groups excluding carboxylic acids is 1.